The number of hydrogen-bond donors (Lipinski definition) is 2. The predicted molar refractivity (Wildman–Crippen MR) is 73.9 cm³/mol. The van der Waals surface area contributed by atoms with Crippen molar-refractivity contribution in [2.45, 2.75) is 19.4 Å². The van der Waals surface area contributed by atoms with Crippen LogP contribution < -0.4 is 5.32 Å². The minimum atomic E-state index is -1.24. The average Bonchev–Trinajstić information content (AvgIpc) is 2.37. The molecule has 0 radical (unpaired) electrons. The number of hydrogen-bond acceptors (Lipinski definition) is 6. The molecule has 0 bridgehead atoms. The molecule has 8 heteroatoms. The van der Waals surface area contributed by atoms with Crippen molar-refractivity contribution in [3.8, 4) is 0 Å². The number of thioether (sulfide) groups is 1. The summed E-state index contributed by atoms with van der Waals surface area (Å²) in [6.45, 7) is 1.97. The number of nitrogens with one attached hydrogen (secondary N) is 1. The van der Waals surface area contributed by atoms with Crippen LogP contribution in [0.4, 0.5) is 11.5 Å². The number of nitrogens with zero attached hydrogens (tertiary/aromatic N) is 2. The zero-order valence-electron chi connectivity index (χ0n) is 10.6. The van der Waals surface area contributed by atoms with E-state index in [4.69, 9.17) is 5.11 Å². The van der Waals surface area contributed by atoms with Crippen LogP contribution in [0.5, 0.6) is 0 Å². The molecule has 0 fully saturated rings. The summed E-state index contributed by atoms with van der Waals surface area (Å²) in [7, 11) is 0. The van der Waals surface area contributed by atoms with Gasteiger partial charge in [-0.3, -0.25) is 10.1 Å². The lowest BCUT2D eigenvalue weighted by Crippen LogP contribution is -2.23. The number of nitro groups is 1. The van der Waals surface area contributed by atoms with Gasteiger partial charge in [0.1, 0.15) is 17.6 Å². The van der Waals surface area contributed by atoms with E-state index in [2.05, 4.69) is 10.3 Å². The zero-order chi connectivity index (χ0) is 14.4. The van der Waals surface area contributed by atoms with E-state index in [9.17, 15) is 14.9 Å². The van der Waals surface area contributed by atoms with Crippen molar-refractivity contribution >= 4 is 29.2 Å². The van der Waals surface area contributed by atoms with Gasteiger partial charge in [-0.25, -0.2) is 9.78 Å². The minimum absolute atomic E-state index is 0.0713. The zero-order valence-corrected chi connectivity index (χ0v) is 11.4. The van der Waals surface area contributed by atoms with Gasteiger partial charge in [-0.1, -0.05) is 6.92 Å². The van der Waals surface area contributed by atoms with E-state index in [1.54, 1.807) is 11.8 Å². The Bertz CT molecular complexity index is 481. The number of carboxylic acids is 1. The number of rotatable bonds is 7. The summed E-state index contributed by atoms with van der Waals surface area (Å²) in [5.41, 5.74) is -0.519. The highest BCUT2D eigenvalue weighted by Gasteiger charge is 2.19. The van der Waals surface area contributed by atoms with Gasteiger partial charge in [0.25, 0.3) is 5.69 Å². The molecule has 2 N–H and O–H groups in total. The van der Waals surface area contributed by atoms with E-state index in [1.807, 2.05) is 13.2 Å². The average molecular weight is 285 g/mol. The molecule has 0 aliphatic carbocycles. The number of carbonyl (C=O) groups is 1. The second-order valence-corrected chi connectivity index (χ2v) is 4.77. The maximum Gasteiger partial charge on any atom is 0.339 e. The summed E-state index contributed by atoms with van der Waals surface area (Å²) in [4.78, 5) is 24.9. The molecule has 0 amide bonds. The molecule has 0 saturated carbocycles. The Balaban J connectivity index is 3.06. The third-order valence-corrected chi connectivity index (χ3v) is 3.25. The van der Waals surface area contributed by atoms with Gasteiger partial charge in [-0.15, -0.1) is 0 Å². The topological polar surface area (TPSA) is 105 Å². The summed E-state index contributed by atoms with van der Waals surface area (Å²) in [6, 6.07) is 1.09. The van der Waals surface area contributed by atoms with Crippen molar-refractivity contribution in [2.75, 3.05) is 17.3 Å². The van der Waals surface area contributed by atoms with Crippen LogP contribution in [0.15, 0.2) is 12.3 Å². The highest BCUT2D eigenvalue weighted by Crippen LogP contribution is 2.20. The van der Waals surface area contributed by atoms with E-state index < -0.39 is 10.9 Å². The Labute approximate surface area is 114 Å². The molecule has 0 spiro atoms. The molecule has 0 aliphatic heterocycles. The quantitative estimate of drug-likeness (QED) is 0.584. The van der Waals surface area contributed by atoms with Crippen LogP contribution in [-0.4, -0.2) is 39.0 Å². The van der Waals surface area contributed by atoms with Gasteiger partial charge < -0.3 is 10.4 Å². The van der Waals surface area contributed by atoms with Crippen LogP contribution in [0.1, 0.15) is 23.7 Å². The Morgan fingerprint density at radius 3 is 2.84 bits per heavy atom. The summed E-state index contributed by atoms with van der Waals surface area (Å²) in [6.07, 6.45) is 3.81. The van der Waals surface area contributed by atoms with Crippen molar-refractivity contribution in [1.82, 2.24) is 4.98 Å². The highest BCUT2D eigenvalue weighted by atomic mass is 32.2. The first-order valence-electron chi connectivity index (χ1n) is 5.62. The summed E-state index contributed by atoms with van der Waals surface area (Å²) in [5, 5.41) is 22.7. The van der Waals surface area contributed by atoms with Crippen LogP contribution in [0.3, 0.4) is 0 Å². The number of anilines is 1. The van der Waals surface area contributed by atoms with E-state index >= 15 is 0 Å². The van der Waals surface area contributed by atoms with Crippen LogP contribution in [0.25, 0.3) is 0 Å². The first-order valence-corrected chi connectivity index (χ1v) is 7.02. The van der Waals surface area contributed by atoms with E-state index in [1.165, 1.54) is 0 Å². The number of aromatic carboxylic acids is 1. The summed E-state index contributed by atoms with van der Waals surface area (Å²) in [5.74, 6) is -0.273. The number of pyridine rings is 1. The van der Waals surface area contributed by atoms with Crippen molar-refractivity contribution in [3.05, 3.63) is 27.9 Å². The van der Waals surface area contributed by atoms with Gasteiger partial charge in [0, 0.05) is 17.9 Å². The number of aromatic nitrogens is 1. The van der Waals surface area contributed by atoms with E-state index in [-0.39, 0.29) is 23.1 Å². The summed E-state index contributed by atoms with van der Waals surface area (Å²) < 4.78 is 0. The lowest BCUT2D eigenvalue weighted by Gasteiger charge is -2.17. The fourth-order valence-electron chi connectivity index (χ4n) is 1.49. The molecule has 1 aromatic heterocycles. The van der Waals surface area contributed by atoms with Crippen LogP contribution in [-0.2, 0) is 0 Å². The first-order chi connectivity index (χ1) is 8.99. The lowest BCUT2D eigenvalue weighted by atomic mass is 10.2. The smallest absolute Gasteiger partial charge is 0.339 e. The predicted octanol–water partition coefficient (Wildman–Crippen LogP) is 2.24. The fraction of sp³-hybridized carbons (Fsp3) is 0.455. The van der Waals surface area contributed by atoms with Crippen LogP contribution >= 0.6 is 11.8 Å². The van der Waals surface area contributed by atoms with Crippen molar-refractivity contribution in [1.29, 1.82) is 0 Å². The molecule has 1 rings (SSSR count). The minimum Gasteiger partial charge on any atom is -0.478 e. The molecule has 1 aromatic rings. The van der Waals surface area contributed by atoms with Crippen molar-refractivity contribution < 1.29 is 14.8 Å². The molecular weight excluding hydrogens is 270 g/mol. The monoisotopic (exact) mass is 285 g/mol. The molecule has 0 saturated heterocycles. The highest BCUT2D eigenvalue weighted by molar-refractivity contribution is 7.98. The largest absolute Gasteiger partial charge is 0.478 e. The summed E-state index contributed by atoms with van der Waals surface area (Å²) >= 11 is 1.63. The molecule has 1 unspecified atom stereocenters. The third kappa shape index (κ3) is 4.09. The molecule has 0 aromatic carbocycles. The maximum atomic E-state index is 11.1. The van der Waals surface area contributed by atoms with Gasteiger partial charge >= 0.3 is 5.97 Å². The van der Waals surface area contributed by atoms with Crippen LogP contribution in [0, 0.1) is 10.1 Å². The fourth-order valence-corrected chi connectivity index (χ4v) is 2.21. The maximum absolute atomic E-state index is 11.1. The molecule has 1 heterocycles. The van der Waals surface area contributed by atoms with Gasteiger partial charge in [-0.05, 0) is 12.7 Å². The molecule has 7 nitrogen and oxygen atoms in total. The second kappa shape index (κ2) is 6.93. The first kappa shape index (κ1) is 15.2. The van der Waals surface area contributed by atoms with E-state index in [0.29, 0.717) is 0 Å². The Morgan fingerprint density at radius 2 is 2.37 bits per heavy atom. The third-order valence-electron chi connectivity index (χ3n) is 2.52. The van der Waals surface area contributed by atoms with Crippen molar-refractivity contribution in [3.63, 3.8) is 0 Å². The SMILES string of the molecule is CCC(CSC)Nc1ncc([N+](=O)[O-])cc1C(=O)O. The molecule has 19 heavy (non-hydrogen) atoms. The molecule has 1 atom stereocenters. The Hall–Kier alpha value is -1.83. The van der Waals surface area contributed by atoms with Crippen molar-refractivity contribution in [2.24, 2.45) is 0 Å². The Morgan fingerprint density at radius 1 is 1.68 bits per heavy atom. The number of carboxylic acid groups (broad SMARTS) is 1. The van der Waals surface area contributed by atoms with Crippen LogP contribution in [0.2, 0.25) is 0 Å². The standard InChI is InChI=1S/C11H15N3O4S/c1-3-7(6-19-2)13-10-9(11(15)16)4-8(5-12-10)14(17)18/h4-5,7H,3,6H2,1-2H3,(H,12,13)(H,15,16). The van der Waals surface area contributed by atoms with Gasteiger partial charge in [0.05, 0.1) is 4.92 Å². The van der Waals surface area contributed by atoms with Gasteiger partial charge in [0.2, 0.25) is 0 Å². The molecule has 0 aliphatic rings. The van der Waals surface area contributed by atoms with Gasteiger partial charge in [-0.2, -0.15) is 11.8 Å². The molecular formula is C11H15N3O4S. The molecule has 104 valence electrons. The van der Waals surface area contributed by atoms with Gasteiger partial charge in [0.15, 0.2) is 0 Å². The Kier molecular flexibility index (Phi) is 5.56. The lowest BCUT2D eigenvalue weighted by molar-refractivity contribution is -0.385. The van der Waals surface area contributed by atoms with E-state index in [0.717, 1.165) is 24.4 Å². The second-order valence-electron chi connectivity index (χ2n) is 3.86. The normalized spacial score (nSPS) is 11.9.